The molecule has 0 saturated carbocycles. The second-order valence-electron chi connectivity index (χ2n) is 4.26. The molecule has 1 N–H and O–H groups in total. The summed E-state index contributed by atoms with van der Waals surface area (Å²) < 4.78 is 5.82. The third kappa shape index (κ3) is 1.75. The molecule has 0 radical (unpaired) electrons. The molecule has 1 aliphatic carbocycles. The van der Waals surface area contributed by atoms with Gasteiger partial charge in [-0.05, 0) is 27.9 Å². The van der Waals surface area contributed by atoms with Crippen LogP contribution in [0, 0.1) is 0 Å². The van der Waals surface area contributed by atoms with Gasteiger partial charge in [-0.3, -0.25) is 0 Å². The number of halogens is 1. The van der Waals surface area contributed by atoms with Gasteiger partial charge in [0.05, 0.1) is 5.56 Å². The van der Waals surface area contributed by atoms with E-state index in [1.807, 2.05) is 30.3 Å². The molecular formula is C13H11BrN2O2. The molecule has 0 aliphatic heterocycles. The van der Waals surface area contributed by atoms with Crippen molar-refractivity contribution in [3.8, 4) is 0 Å². The van der Waals surface area contributed by atoms with Crippen molar-refractivity contribution in [2.24, 2.45) is 5.16 Å². The van der Waals surface area contributed by atoms with Gasteiger partial charge in [0.2, 0.25) is 0 Å². The number of rotatable bonds is 1. The lowest BCUT2D eigenvalue weighted by molar-refractivity contribution is 0.315. The van der Waals surface area contributed by atoms with Crippen molar-refractivity contribution in [1.29, 1.82) is 0 Å². The van der Waals surface area contributed by atoms with E-state index in [0.29, 0.717) is 10.3 Å². The van der Waals surface area contributed by atoms with Crippen LogP contribution in [0.3, 0.4) is 0 Å². The van der Waals surface area contributed by atoms with Gasteiger partial charge in [0.25, 0.3) is 0 Å². The topological polar surface area (TPSA) is 58.6 Å². The maximum atomic E-state index is 9.31. The highest BCUT2D eigenvalue weighted by Gasteiger charge is 2.32. The molecule has 3 rings (SSSR count). The molecule has 2 aromatic rings. The first kappa shape index (κ1) is 11.5. The zero-order chi connectivity index (χ0) is 12.5. The molecule has 1 heterocycles. The molecular weight excluding hydrogens is 296 g/mol. The minimum atomic E-state index is 0.0828. The molecule has 0 saturated heterocycles. The summed E-state index contributed by atoms with van der Waals surface area (Å²) in [5, 5.41) is 16.7. The highest BCUT2D eigenvalue weighted by molar-refractivity contribution is 9.10. The van der Waals surface area contributed by atoms with Crippen LogP contribution in [0.25, 0.3) is 0 Å². The first-order chi connectivity index (χ1) is 8.81. The minimum Gasteiger partial charge on any atom is -0.411 e. The molecule has 4 nitrogen and oxygen atoms in total. The van der Waals surface area contributed by atoms with E-state index in [0.717, 1.165) is 29.7 Å². The predicted molar refractivity (Wildman–Crippen MR) is 70.0 cm³/mol. The number of aryl methyl sites for hydroxylation is 1. The summed E-state index contributed by atoms with van der Waals surface area (Å²) in [6.07, 6.45) is 1.66. The van der Waals surface area contributed by atoms with Crippen LogP contribution in [0.5, 0.6) is 0 Å². The molecule has 92 valence electrons. The molecule has 1 unspecified atom stereocenters. The van der Waals surface area contributed by atoms with Gasteiger partial charge in [0.15, 0.2) is 4.60 Å². The van der Waals surface area contributed by atoms with Crippen molar-refractivity contribution >= 4 is 21.6 Å². The SMILES string of the molecule is O/N=C1/c2c(Br)noc2CCC1c1ccccc1. The Balaban J connectivity index is 2.08. The van der Waals surface area contributed by atoms with Crippen LogP contribution in [-0.2, 0) is 6.42 Å². The molecule has 18 heavy (non-hydrogen) atoms. The Morgan fingerprint density at radius 3 is 2.83 bits per heavy atom. The van der Waals surface area contributed by atoms with Gasteiger partial charge in [-0.25, -0.2) is 0 Å². The molecule has 1 atom stereocenters. The van der Waals surface area contributed by atoms with Crippen LogP contribution >= 0.6 is 15.9 Å². The predicted octanol–water partition coefficient (Wildman–Crippen LogP) is 3.35. The van der Waals surface area contributed by atoms with Crippen molar-refractivity contribution in [3.05, 3.63) is 51.8 Å². The van der Waals surface area contributed by atoms with Gasteiger partial charge in [-0.2, -0.15) is 0 Å². The van der Waals surface area contributed by atoms with Gasteiger partial charge in [-0.1, -0.05) is 40.6 Å². The zero-order valence-corrected chi connectivity index (χ0v) is 11.1. The number of oxime groups is 1. The highest BCUT2D eigenvalue weighted by atomic mass is 79.9. The maximum absolute atomic E-state index is 9.31. The fourth-order valence-electron chi connectivity index (χ4n) is 2.44. The number of hydrogen-bond acceptors (Lipinski definition) is 4. The summed E-state index contributed by atoms with van der Waals surface area (Å²) in [5.41, 5.74) is 2.55. The maximum Gasteiger partial charge on any atom is 0.158 e. The van der Waals surface area contributed by atoms with Crippen molar-refractivity contribution in [2.75, 3.05) is 0 Å². The quantitative estimate of drug-likeness (QED) is 0.649. The van der Waals surface area contributed by atoms with Gasteiger partial charge < -0.3 is 9.73 Å². The first-order valence-corrected chi connectivity index (χ1v) is 6.52. The third-order valence-electron chi connectivity index (χ3n) is 3.28. The molecule has 1 aromatic heterocycles. The lowest BCUT2D eigenvalue weighted by Crippen LogP contribution is -2.21. The normalized spacial score (nSPS) is 20.9. The largest absolute Gasteiger partial charge is 0.411 e. The van der Waals surface area contributed by atoms with Gasteiger partial charge in [-0.15, -0.1) is 0 Å². The number of hydrogen-bond donors (Lipinski definition) is 1. The summed E-state index contributed by atoms with van der Waals surface area (Å²) in [6.45, 7) is 0. The summed E-state index contributed by atoms with van der Waals surface area (Å²) in [4.78, 5) is 0. The van der Waals surface area contributed by atoms with Crippen molar-refractivity contribution < 1.29 is 9.73 Å². The fourth-order valence-corrected chi connectivity index (χ4v) is 2.93. The molecule has 0 fully saturated rings. The number of fused-ring (bicyclic) bond motifs is 1. The summed E-state index contributed by atoms with van der Waals surface area (Å²) >= 11 is 3.34. The Hall–Kier alpha value is -1.62. The molecule has 0 bridgehead atoms. The van der Waals surface area contributed by atoms with Crippen molar-refractivity contribution in [3.63, 3.8) is 0 Å². The lowest BCUT2D eigenvalue weighted by Gasteiger charge is -2.22. The highest BCUT2D eigenvalue weighted by Crippen LogP contribution is 2.36. The Labute approximate surface area is 112 Å². The van der Waals surface area contributed by atoms with Crippen LogP contribution in [0.15, 0.2) is 44.6 Å². The smallest absolute Gasteiger partial charge is 0.158 e. The number of nitrogens with zero attached hydrogens (tertiary/aromatic N) is 2. The molecule has 1 aromatic carbocycles. The fraction of sp³-hybridized carbons (Fsp3) is 0.231. The Morgan fingerprint density at radius 2 is 2.11 bits per heavy atom. The van der Waals surface area contributed by atoms with Gasteiger partial charge in [0, 0.05) is 12.3 Å². The standard InChI is InChI=1S/C13H11BrN2O2/c14-13-11-10(18-16-13)7-6-9(12(11)15-17)8-4-2-1-3-5-8/h1-5,9,17H,6-7H2/b15-12+. The van der Waals surface area contributed by atoms with E-state index >= 15 is 0 Å². The Morgan fingerprint density at radius 1 is 1.33 bits per heavy atom. The van der Waals surface area contributed by atoms with Crippen LogP contribution in [0.4, 0.5) is 0 Å². The van der Waals surface area contributed by atoms with Crippen molar-refractivity contribution in [2.45, 2.75) is 18.8 Å². The average molecular weight is 307 g/mol. The second kappa shape index (κ2) is 4.57. The van der Waals surface area contributed by atoms with Crippen LogP contribution in [-0.4, -0.2) is 16.1 Å². The minimum absolute atomic E-state index is 0.0828. The molecule has 1 aliphatic rings. The second-order valence-corrected chi connectivity index (χ2v) is 5.01. The van der Waals surface area contributed by atoms with E-state index < -0.39 is 0 Å². The van der Waals surface area contributed by atoms with Gasteiger partial charge in [0.1, 0.15) is 11.5 Å². The van der Waals surface area contributed by atoms with E-state index in [-0.39, 0.29) is 5.92 Å². The van der Waals surface area contributed by atoms with Crippen LogP contribution < -0.4 is 0 Å². The zero-order valence-electron chi connectivity index (χ0n) is 9.51. The monoisotopic (exact) mass is 306 g/mol. The van der Waals surface area contributed by atoms with E-state index in [4.69, 9.17) is 4.52 Å². The van der Waals surface area contributed by atoms with E-state index in [1.165, 1.54) is 0 Å². The van der Waals surface area contributed by atoms with E-state index in [9.17, 15) is 5.21 Å². The molecule has 0 spiro atoms. The number of aromatic nitrogens is 1. The van der Waals surface area contributed by atoms with E-state index in [2.05, 4.69) is 26.2 Å². The summed E-state index contributed by atoms with van der Waals surface area (Å²) in [7, 11) is 0. The molecule has 5 heteroatoms. The number of benzene rings is 1. The third-order valence-corrected chi connectivity index (χ3v) is 3.82. The molecule has 0 amide bonds. The average Bonchev–Trinajstić information content (AvgIpc) is 2.81. The first-order valence-electron chi connectivity index (χ1n) is 5.72. The van der Waals surface area contributed by atoms with Gasteiger partial charge >= 0.3 is 0 Å². The van der Waals surface area contributed by atoms with Crippen molar-refractivity contribution in [1.82, 2.24) is 5.16 Å². The lowest BCUT2D eigenvalue weighted by atomic mass is 9.81. The van der Waals surface area contributed by atoms with Crippen LogP contribution in [0.1, 0.15) is 29.2 Å². The summed E-state index contributed by atoms with van der Waals surface area (Å²) in [6, 6.07) is 10.0. The van der Waals surface area contributed by atoms with E-state index in [1.54, 1.807) is 0 Å². The Kier molecular flexibility index (Phi) is 2.91. The summed E-state index contributed by atoms with van der Waals surface area (Å²) in [5.74, 6) is 0.862. The van der Waals surface area contributed by atoms with Crippen LogP contribution in [0.2, 0.25) is 0 Å². The Bertz CT molecular complexity index is 592.